The maximum absolute atomic E-state index is 13.7. The van der Waals surface area contributed by atoms with Gasteiger partial charge in [-0.3, -0.25) is 4.79 Å². The van der Waals surface area contributed by atoms with Gasteiger partial charge < -0.3 is 11.1 Å². The van der Waals surface area contributed by atoms with Crippen LogP contribution in [0, 0.1) is 11.6 Å². The maximum atomic E-state index is 13.7. The van der Waals surface area contributed by atoms with Gasteiger partial charge in [-0.05, 0) is 36.4 Å². The van der Waals surface area contributed by atoms with Crippen molar-refractivity contribution in [3.8, 4) is 0 Å². The first kappa shape index (κ1) is 15.5. The Bertz CT molecular complexity index is 737. The topological polar surface area (TPSA) is 55.1 Å². The predicted molar refractivity (Wildman–Crippen MR) is 84.3 cm³/mol. The minimum Gasteiger partial charge on any atom is -0.389 e. The van der Waals surface area contributed by atoms with Crippen LogP contribution in [0.3, 0.4) is 0 Å². The van der Waals surface area contributed by atoms with Crippen LogP contribution in [-0.4, -0.2) is 10.9 Å². The summed E-state index contributed by atoms with van der Waals surface area (Å²) in [5, 5.41) is 2.47. The Hall–Kier alpha value is -1.86. The Balaban J connectivity index is 2.36. The van der Waals surface area contributed by atoms with Crippen LogP contribution in [0.5, 0.6) is 0 Å². The standard InChI is InChI=1S/C14H9BrF2N2OS/c15-7-1-3-11(17)9(5-7)14(20)19-12-4-2-8(16)6-10(12)13(18)21/h1-6H,(H2,18,21)(H,19,20). The van der Waals surface area contributed by atoms with Gasteiger partial charge in [0.05, 0.1) is 11.3 Å². The SMILES string of the molecule is NC(=S)c1cc(F)ccc1NC(=O)c1cc(Br)ccc1F. The molecule has 2 aromatic carbocycles. The molecule has 0 heterocycles. The minimum absolute atomic E-state index is 0.0699. The van der Waals surface area contributed by atoms with Crippen LogP contribution in [0.15, 0.2) is 40.9 Å². The summed E-state index contributed by atoms with van der Waals surface area (Å²) < 4.78 is 27.4. The monoisotopic (exact) mass is 370 g/mol. The highest BCUT2D eigenvalue weighted by Crippen LogP contribution is 2.20. The third kappa shape index (κ3) is 3.62. The van der Waals surface area contributed by atoms with Gasteiger partial charge in [0, 0.05) is 10.0 Å². The highest BCUT2D eigenvalue weighted by molar-refractivity contribution is 9.10. The van der Waals surface area contributed by atoms with E-state index in [1.807, 2.05) is 0 Å². The van der Waals surface area contributed by atoms with Gasteiger partial charge in [0.25, 0.3) is 5.91 Å². The molecule has 0 radical (unpaired) electrons. The first-order chi connectivity index (χ1) is 9.88. The second kappa shape index (κ2) is 6.28. The normalized spacial score (nSPS) is 10.2. The lowest BCUT2D eigenvalue weighted by atomic mass is 10.1. The van der Waals surface area contributed by atoms with Crippen molar-refractivity contribution in [3.05, 3.63) is 63.6 Å². The summed E-state index contributed by atoms with van der Waals surface area (Å²) >= 11 is 7.96. The van der Waals surface area contributed by atoms with Crippen LogP contribution in [-0.2, 0) is 0 Å². The number of benzene rings is 2. The van der Waals surface area contributed by atoms with Gasteiger partial charge in [-0.1, -0.05) is 28.1 Å². The predicted octanol–water partition coefficient (Wildman–Crippen LogP) is 3.61. The number of nitrogens with two attached hydrogens (primary N) is 1. The Kier molecular flexibility index (Phi) is 4.64. The lowest BCUT2D eigenvalue weighted by Crippen LogP contribution is -2.18. The molecule has 0 aliphatic carbocycles. The zero-order valence-corrected chi connectivity index (χ0v) is 12.9. The molecule has 3 nitrogen and oxygen atoms in total. The number of anilines is 1. The molecule has 0 spiro atoms. The summed E-state index contributed by atoms with van der Waals surface area (Å²) in [6.45, 7) is 0. The van der Waals surface area contributed by atoms with E-state index in [1.165, 1.54) is 18.2 Å². The second-order valence-electron chi connectivity index (χ2n) is 4.13. The van der Waals surface area contributed by atoms with E-state index in [-0.39, 0.29) is 21.8 Å². The van der Waals surface area contributed by atoms with Crippen molar-refractivity contribution in [2.24, 2.45) is 5.73 Å². The van der Waals surface area contributed by atoms with Crippen molar-refractivity contribution in [2.45, 2.75) is 0 Å². The quantitative estimate of drug-likeness (QED) is 0.811. The average Bonchev–Trinajstić information content (AvgIpc) is 2.43. The van der Waals surface area contributed by atoms with Crippen molar-refractivity contribution in [1.82, 2.24) is 0 Å². The molecule has 0 unspecified atom stereocenters. The molecule has 108 valence electrons. The van der Waals surface area contributed by atoms with Gasteiger partial charge in [0.1, 0.15) is 16.6 Å². The van der Waals surface area contributed by atoms with E-state index in [9.17, 15) is 13.6 Å². The molecule has 3 N–H and O–H groups in total. The number of carbonyl (C=O) groups excluding carboxylic acids is 1. The van der Waals surface area contributed by atoms with E-state index in [0.717, 1.165) is 18.2 Å². The molecule has 0 atom stereocenters. The molecular weight excluding hydrogens is 362 g/mol. The summed E-state index contributed by atoms with van der Waals surface area (Å²) in [4.78, 5) is 12.0. The number of carbonyl (C=O) groups is 1. The number of halogens is 3. The fraction of sp³-hybridized carbons (Fsp3) is 0. The molecular formula is C14H9BrF2N2OS. The Morgan fingerprint density at radius 1 is 1.14 bits per heavy atom. The van der Waals surface area contributed by atoms with E-state index >= 15 is 0 Å². The fourth-order valence-corrected chi connectivity index (χ4v) is 2.22. The molecule has 7 heteroatoms. The number of amides is 1. The zero-order valence-electron chi connectivity index (χ0n) is 10.5. The summed E-state index contributed by atoms with van der Waals surface area (Å²) in [6.07, 6.45) is 0. The lowest BCUT2D eigenvalue weighted by Gasteiger charge is -2.11. The van der Waals surface area contributed by atoms with Crippen molar-refractivity contribution in [1.29, 1.82) is 0 Å². The highest BCUT2D eigenvalue weighted by Gasteiger charge is 2.15. The highest BCUT2D eigenvalue weighted by atomic mass is 79.9. The molecule has 0 aromatic heterocycles. The van der Waals surface area contributed by atoms with Gasteiger partial charge in [-0.2, -0.15) is 0 Å². The van der Waals surface area contributed by atoms with E-state index in [0.29, 0.717) is 4.47 Å². The molecule has 0 bridgehead atoms. The van der Waals surface area contributed by atoms with Crippen LogP contribution in [0.1, 0.15) is 15.9 Å². The number of thiocarbonyl (C=S) groups is 1. The molecule has 0 saturated heterocycles. The van der Waals surface area contributed by atoms with E-state index < -0.39 is 17.5 Å². The van der Waals surface area contributed by atoms with Gasteiger partial charge in [0.15, 0.2) is 0 Å². The third-order valence-corrected chi connectivity index (χ3v) is 3.38. The summed E-state index contributed by atoms with van der Waals surface area (Å²) in [6, 6.07) is 7.55. The second-order valence-corrected chi connectivity index (χ2v) is 5.49. The zero-order chi connectivity index (χ0) is 15.6. The molecule has 0 aliphatic rings. The summed E-state index contributed by atoms with van der Waals surface area (Å²) in [7, 11) is 0. The molecule has 2 rings (SSSR count). The van der Waals surface area contributed by atoms with E-state index in [2.05, 4.69) is 21.2 Å². The van der Waals surface area contributed by atoms with Crippen LogP contribution in [0.2, 0.25) is 0 Å². The van der Waals surface area contributed by atoms with Crippen molar-refractivity contribution >= 4 is 44.7 Å². The first-order valence-electron chi connectivity index (χ1n) is 5.74. The van der Waals surface area contributed by atoms with Crippen LogP contribution < -0.4 is 11.1 Å². The minimum atomic E-state index is -0.682. The van der Waals surface area contributed by atoms with Crippen LogP contribution in [0.4, 0.5) is 14.5 Å². The van der Waals surface area contributed by atoms with E-state index in [4.69, 9.17) is 18.0 Å². The Morgan fingerprint density at radius 3 is 2.52 bits per heavy atom. The third-order valence-electron chi connectivity index (χ3n) is 2.67. The molecule has 2 aromatic rings. The van der Waals surface area contributed by atoms with Gasteiger partial charge >= 0.3 is 0 Å². The Labute approximate surface area is 133 Å². The van der Waals surface area contributed by atoms with E-state index in [1.54, 1.807) is 0 Å². The van der Waals surface area contributed by atoms with Crippen LogP contribution in [0.25, 0.3) is 0 Å². The largest absolute Gasteiger partial charge is 0.389 e. The molecule has 21 heavy (non-hydrogen) atoms. The summed E-state index contributed by atoms with van der Waals surface area (Å²) in [5.41, 5.74) is 5.72. The smallest absolute Gasteiger partial charge is 0.258 e. The van der Waals surface area contributed by atoms with Gasteiger partial charge in [-0.25, -0.2) is 8.78 Å². The summed E-state index contributed by atoms with van der Waals surface area (Å²) in [5.74, 6) is -1.89. The van der Waals surface area contributed by atoms with Crippen LogP contribution >= 0.6 is 28.1 Å². The van der Waals surface area contributed by atoms with Crippen molar-refractivity contribution < 1.29 is 13.6 Å². The molecule has 0 aliphatic heterocycles. The molecule has 0 saturated carbocycles. The van der Waals surface area contributed by atoms with Gasteiger partial charge in [-0.15, -0.1) is 0 Å². The van der Waals surface area contributed by atoms with Gasteiger partial charge in [0.2, 0.25) is 0 Å². The Morgan fingerprint density at radius 2 is 1.86 bits per heavy atom. The lowest BCUT2D eigenvalue weighted by molar-refractivity contribution is 0.102. The fourth-order valence-electron chi connectivity index (χ4n) is 1.69. The maximum Gasteiger partial charge on any atom is 0.258 e. The number of hydrogen-bond acceptors (Lipinski definition) is 2. The first-order valence-corrected chi connectivity index (χ1v) is 6.94. The molecule has 0 fully saturated rings. The van der Waals surface area contributed by atoms with Crippen molar-refractivity contribution in [2.75, 3.05) is 5.32 Å². The number of nitrogens with one attached hydrogen (secondary N) is 1. The number of rotatable bonds is 3. The number of hydrogen-bond donors (Lipinski definition) is 2. The van der Waals surface area contributed by atoms with Crippen molar-refractivity contribution in [3.63, 3.8) is 0 Å². The molecule has 1 amide bonds. The average molecular weight is 371 g/mol.